The summed E-state index contributed by atoms with van der Waals surface area (Å²) in [5.74, 6) is -0.787. The number of benzene rings is 1. The summed E-state index contributed by atoms with van der Waals surface area (Å²) in [4.78, 5) is 2.36. The van der Waals surface area contributed by atoms with E-state index in [2.05, 4.69) is 24.1 Å². The first kappa shape index (κ1) is 18.3. The van der Waals surface area contributed by atoms with Gasteiger partial charge in [0.15, 0.2) is 11.6 Å². The highest BCUT2D eigenvalue weighted by atomic mass is 35.5. The van der Waals surface area contributed by atoms with Crippen LogP contribution in [0, 0.1) is 17.6 Å². The maximum absolute atomic E-state index is 13.3. The smallest absolute Gasteiger partial charge is 0.159 e. The van der Waals surface area contributed by atoms with Crippen molar-refractivity contribution in [3.8, 4) is 0 Å². The van der Waals surface area contributed by atoms with Crippen LogP contribution in [0.3, 0.4) is 0 Å². The van der Waals surface area contributed by atoms with Crippen LogP contribution in [0.1, 0.15) is 38.3 Å². The molecule has 0 aromatic heterocycles. The van der Waals surface area contributed by atoms with Gasteiger partial charge in [0, 0.05) is 6.04 Å². The molecule has 1 unspecified atom stereocenters. The predicted octanol–water partition coefficient (Wildman–Crippen LogP) is 3.77. The first-order valence-corrected chi connectivity index (χ1v) is 7.51. The highest BCUT2D eigenvalue weighted by molar-refractivity contribution is 5.85. The lowest BCUT2D eigenvalue weighted by atomic mass is 9.94. The van der Waals surface area contributed by atoms with Crippen molar-refractivity contribution >= 4 is 12.4 Å². The number of halogens is 3. The third-order valence-corrected chi connectivity index (χ3v) is 4.31. The largest absolute Gasteiger partial charge is 0.317 e. The van der Waals surface area contributed by atoms with Crippen molar-refractivity contribution in [1.82, 2.24) is 10.2 Å². The molecule has 1 saturated heterocycles. The molecule has 120 valence electrons. The molecule has 0 spiro atoms. The molecular weight excluding hydrogens is 294 g/mol. The first-order chi connectivity index (χ1) is 9.61. The van der Waals surface area contributed by atoms with E-state index in [1.54, 1.807) is 6.07 Å². The summed E-state index contributed by atoms with van der Waals surface area (Å²) in [6.45, 7) is 8.35. The quantitative estimate of drug-likeness (QED) is 0.889. The zero-order valence-electron chi connectivity index (χ0n) is 12.7. The fourth-order valence-corrected chi connectivity index (χ4v) is 2.88. The van der Waals surface area contributed by atoms with E-state index in [0.717, 1.165) is 37.7 Å². The first-order valence-electron chi connectivity index (χ1n) is 7.51. The van der Waals surface area contributed by atoms with Gasteiger partial charge in [-0.25, -0.2) is 8.78 Å². The summed E-state index contributed by atoms with van der Waals surface area (Å²) in [6, 6.07) is 4.38. The minimum Gasteiger partial charge on any atom is -0.317 e. The number of nitrogens with one attached hydrogen (secondary N) is 1. The van der Waals surface area contributed by atoms with Crippen molar-refractivity contribution in [1.29, 1.82) is 0 Å². The average molecular weight is 319 g/mol. The van der Waals surface area contributed by atoms with Crippen molar-refractivity contribution in [2.24, 2.45) is 5.92 Å². The Bertz CT molecular complexity index is 434. The van der Waals surface area contributed by atoms with Crippen LogP contribution < -0.4 is 5.32 Å². The summed E-state index contributed by atoms with van der Waals surface area (Å²) >= 11 is 0. The molecule has 0 bridgehead atoms. The maximum atomic E-state index is 13.3. The van der Waals surface area contributed by atoms with Crippen LogP contribution in [0.25, 0.3) is 0 Å². The second kappa shape index (κ2) is 8.66. The standard InChI is InChI=1S/C16H24F2N2.ClH/c1-3-19-11-13-6-8-20(9-7-13)12(2)14-4-5-15(17)16(18)10-14;/h4-5,10,12-13,19H,3,6-9,11H2,1-2H3;1H. The highest BCUT2D eigenvalue weighted by Gasteiger charge is 2.23. The summed E-state index contributed by atoms with van der Waals surface area (Å²) in [5, 5.41) is 3.40. The van der Waals surface area contributed by atoms with Gasteiger partial charge in [-0.2, -0.15) is 0 Å². The zero-order valence-corrected chi connectivity index (χ0v) is 13.6. The molecule has 5 heteroatoms. The monoisotopic (exact) mass is 318 g/mol. The molecule has 1 aromatic carbocycles. The number of hydrogen-bond acceptors (Lipinski definition) is 2. The normalized spacial score (nSPS) is 18.3. The van der Waals surface area contributed by atoms with Crippen LogP contribution in [0.2, 0.25) is 0 Å². The molecule has 0 radical (unpaired) electrons. The van der Waals surface area contributed by atoms with E-state index in [4.69, 9.17) is 0 Å². The Kier molecular flexibility index (Phi) is 7.57. The van der Waals surface area contributed by atoms with Crippen molar-refractivity contribution in [3.63, 3.8) is 0 Å². The van der Waals surface area contributed by atoms with E-state index in [9.17, 15) is 8.78 Å². The lowest BCUT2D eigenvalue weighted by Gasteiger charge is -2.36. The van der Waals surface area contributed by atoms with Gasteiger partial charge < -0.3 is 5.32 Å². The van der Waals surface area contributed by atoms with Gasteiger partial charge in [0.2, 0.25) is 0 Å². The summed E-state index contributed by atoms with van der Waals surface area (Å²) in [6.07, 6.45) is 2.34. The Hall–Kier alpha value is -0.710. The van der Waals surface area contributed by atoms with Crippen LogP contribution in [-0.4, -0.2) is 31.1 Å². The van der Waals surface area contributed by atoms with Gasteiger partial charge in [-0.05, 0) is 69.6 Å². The highest BCUT2D eigenvalue weighted by Crippen LogP contribution is 2.27. The molecule has 2 nitrogen and oxygen atoms in total. The molecule has 1 aliphatic heterocycles. The number of piperidine rings is 1. The molecule has 1 aromatic rings. The van der Waals surface area contributed by atoms with Crippen LogP contribution >= 0.6 is 12.4 Å². The molecule has 2 rings (SSSR count). The van der Waals surface area contributed by atoms with Crippen molar-refractivity contribution in [2.75, 3.05) is 26.2 Å². The fourth-order valence-electron chi connectivity index (χ4n) is 2.88. The Morgan fingerprint density at radius 3 is 2.48 bits per heavy atom. The van der Waals surface area contributed by atoms with Gasteiger partial charge in [-0.3, -0.25) is 4.90 Å². The number of hydrogen-bond donors (Lipinski definition) is 1. The van der Waals surface area contributed by atoms with Crippen LogP contribution in [0.4, 0.5) is 8.78 Å². The van der Waals surface area contributed by atoms with E-state index >= 15 is 0 Å². The third-order valence-electron chi connectivity index (χ3n) is 4.31. The molecule has 1 N–H and O–H groups in total. The van der Waals surface area contributed by atoms with E-state index in [-0.39, 0.29) is 18.4 Å². The molecule has 1 atom stereocenters. The van der Waals surface area contributed by atoms with Gasteiger partial charge in [0.05, 0.1) is 0 Å². The Morgan fingerprint density at radius 1 is 1.24 bits per heavy atom. The number of likely N-dealkylation sites (tertiary alicyclic amines) is 1. The molecule has 21 heavy (non-hydrogen) atoms. The van der Waals surface area contributed by atoms with Crippen LogP contribution in [0.15, 0.2) is 18.2 Å². The Labute approximate surface area is 132 Å². The van der Waals surface area contributed by atoms with E-state index < -0.39 is 11.6 Å². The molecule has 1 fully saturated rings. The van der Waals surface area contributed by atoms with E-state index in [1.165, 1.54) is 25.0 Å². The van der Waals surface area contributed by atoms with Crippen molar-refractivity contribution in [3.05, 3.63) is 35.4 Å². The summed E-state index contributed by atoms with van der Waals surface area (Å²) < 4.78 is 26.3. The van der Waals surface area contributed by atoms with Crippen molar-refractivity contribution in [2.45, 2.75) is 32.7 Å². The van der Waals surface area contributed by atoms with E-state index in [1.807, 2.05) is 0 Å². The van der Waals surface area contributed by atoms with Gasteiger partial charge in [0.25, 0.3) is 0 Å². The third kappa shape index (κ3) is 4.90. The zero-order chi connectivity index (χ0) is 14.5. The van der Waals surface area contributed by atoms with Gasteiger partial charge in [-0.1, -0.05) is 13.0 Å². The number of rotatable bonds is 5. The Balaban J connectivity index is 0.00000220. The predicted molar refractivity (Wildman–Crippen MR) is 84.9 cm³/mol. The Morgan fingerprint density at radius 2 is 1.90 bits per heavy atom. The van der Waals surface area contributed by atoms with Gasteiger partial charge in [0.1, 0.15) is 0 Å². The lowest BCUT2D eigenvalue weighted by Crippen LogP contribution is -2.38. The van der Waals surface area contributed by atoms with Crippen LogP contribution in [0.5, 0.6) is 0 Å². The molecule has 0 saturated carbocycles. The van der Waals surface area contributed by atoms with Gasteiger partial charge >= 0.3 is 0 Å². The van der Waals surface area contributed by atoms with Crippen LogP contribution in [-0.2, 0) is 0 Å². The minimum absolute atomic E-state index is 0. The fraction of sp³-hybridized carbons (Fsp3) is 0.625. The molecule has 1 aliphatic rings. The molecular formula is C16H25ClF2N2. The number of nitrogens with zero attached hydrogens (tertiary/aromatic N) is 1. The molecule has 1 heterocycles. The molecule has 0 aliphatic carbocycles. The lowest BCUT2D eigenvalue weighted by molar-refractivity contribution is 0.140. The van der Waals surface area contributed by atoms with E-state index in [0.29, 0.717) is 0 Å². The maximum Gasteiger partial charge on any atom is 0.159 e. The van der Waals surface area contributed by atoms with Crippen molar-refractivity contribution < 1.29 is 8.78 Å². The average Bonchev–Trinajstić information content (AvgIpc) is 2.48. The summed E-state index contributed by atoms with van der Waals surface area (Å²) in [7, 11) is 0. The summed E-state index contributed by atoms with van der Waals surface area (Å²) in [5.41, 5.74) is 0.856. The second-order valence-corrected chi connectivity index (χ2v) is 5.64. The van der Waals surface area contributed by atoms with Gasteiger partial charge in [-0.15, -0.1) is 12.4 Å². The second-order valence-electron chi connectivity index (χ2n) is 5.64. The minimum atomic E-state index is -0.773. The SMILES string of the molecule is CCNCC1CCN(C(C)c2ccc(F)c(F)c2)CC1.Cl. The molecule has 0 amide bonds. The topological polar surface area (TPSA) is 15.3 Å².